The summed E-state index contributed by atoms with van der Waals surface area (Å²) in [7, 11) is -3.72. The number of anilines is 2. The van der Waals surface area contributed by atoms with Crippen molar-refractivity contribution in [1.29, 1.82) is 0 Å². The molecule has 2 N–H and O–H groups in total. The molecule has 0 unspecified atom stereocenters. The molecule has 0 spiro atoms. The summed E-state index contributed by atoms with van der Waals surface area (Å²) in [5.74, 6) is -0.228. The van der Waals surface area contributed by atoms with E-state index in [1.165, 1.54) is 24.3 Å². The van der Waals surface area contributed by atoms with Gasteiger partial charge < -0.3 is 10.2 Å². The van der Waals surface area contributed by atoms with Crippen LogP contribution in [0.1, 0.15) is 38.1 Å². The first-order chi connectivity index (χ1) is 12.8. The predicted octanol–water partition coefficient (Wildman–Crippen LogP) is 3.47. The fourth-order valence-electron chi connectivity index (χ4n) is 2.67. The van der Waals surface area contributed by atoms with Gasteiger partial charge in [-0.15, -0.1) is 0 Å². The monoisotopic (exact) mass is 389 g/mol. The van der Waals surface area contributed by atoms with Crippen molar-refractivity contribution in [2.24, 2.45) is 0 Å². The first-order valence-electron chi connectivity index (χ1n) is 9.05. The number of amides is 1. The highest BCUT2D eigenvalue weighted by atomic mass is 32.2. The van der Waals surface area contributed by atoms with Crippen molar-refractivity contribution >= 4 is 27.3 Å². The van der Waals surface area contributed by atoms with Crippen LogP contribution in [0.15, 0.2) is 53.4 Å². The third kappa shape index (κ3) is 5.47. The van der Waals surface area contributed by atoms with Crippen molar-refractivity contribution in [2.45, 2.75) is 38.6 Å². The molecule has 0 saturated carbocycles. The lowest BCUT2D eigenvalue weighted by molar-refractivity contribution is 0.0943. The van der Waals surface area contributed by atoms with Gasteiger partial charge >= 0.3 is 0 Å². The zero-order valence-corrected chi connectivity index (χ0v) is 17.0. The van der Waals surface area contributed by atoms with Crippen LogP contribution >= 0.6 is 0 Å². The lowest BCUT2D eigenvalue weighted by atomic mass is 10.2. The molecule has 2 aromatic carbocycles. The number of hydrogen-bond donors (Lipinski definition) is 2. The minimum absolute atomic E-state index is 0.0156. The second-order valence-electron chi connectivity index (χ2n) is 6.48. The molecule has 2 aromatic rings. The highest BCUT2D eigenvalue weighted by molar-refractivity contribution is 7.92. The summed E-state index contributed by atoms with van der Waals surface area (Å²) >= 11 is 0. The Morgan fingerprint density at radius 2 is 1.52 bits per heavy atom. The lowest BCUT2D eigenvalue weighted by Crippen LogP contribution is -2.30. The summed E-state index contributed by atoms with van der Waals surface area (Å²) in [6.07, 6.45) is 0. The molecular formula is C20H27N3O3S. The zero-order chi connectivity index (χ0) is 20.0. The van der Waals surface area contributed by atoms with Gasteiger partial charge in [-0.3, -0.25) is 9.52 Å². The average Bonchev–Trinajstić information content (AvgIpc) is 2.63. The molecule has 0 aromatic heterocycles. The van der Waals surface area contributed by atoms with Crippen molar-refractivity contribution in [3.8, 4) is 0 Å². The van der Waals surface area contributed by atoms with E-state index in [9.17, 15) is 13.2 Å². The van der Waals surface area contributed by atoms with Crippen molar-refractivity contribution in [2.75, 3.05) is 22.7 Å². The van der Waals surface area contributed by atoms with Crippen LogP contribution in [-0.4, -0.2) is 33.5 Å². The van der Waals surface area contributed by atoms with Crippen molar-refractivity contribution in [3.63, 3.8) is 0 Å². The Bertz CT molecular complexity index is 856. The zero-order valence-electron chi connectivity index (χ0n) is 16.2. The molecule has 0 aliphatic carbocycles. The van der Waals surface area contributed by atoms with Gasteiger partial charge in [0.1, 0.15) is 0 Å². The molecule has 0 bridgehead atoms. The van der Waals surface area contributed by atoms with Gasteiger partial charge in [-0.25, -0.2) is 8.42 Å². The van der Waals surface area contributed by atoms with Crippen LogP contribution in [0.4, 0.5) is 11.4 Å². The Morgan fingerprint density at radius 3 is 2.00 bits per heavy atom. The fourth-order valence-corrected chi connectivity index (χ4v) is 3.73. The van der Waals surface area contributed by atoms with Crippen LogP contribution in [-0.2, 0) is 10.0 Å². The van der Waals surface area contributed by atoms with E-state index in [1.807, 2.05) is 26.0 Å². The van der Waals surface area contributed by atoms with Gasteiger partial charge in [0.15, 0.2) is 0 Å². The van der Waals surface area contributed by atoms with Crippen LogP contribution in [0.5, 0.6) is 0 Å². The number of nitrogens with zero attached hydrogens (tertiary/aromatic N) is 1. The Morgan fingerprint density at radius 1 is 0.963 bits per heavy atom. The Kier molecular flexibility index (Phi) is 6.85. The predicted molar refractivity (Wildman–Crippen MR) is 110 cm³/mol. The van der Waals surface area contributed by atoms with Gasteiger partial charge in [0.2, 0.25) is 0 Å². The van der Waals surface area contributed by atoms with E-state index in [0.29, 0.717) is 11.3 Å². The fraction of sp³-hybridized carbons (Fsp3) is 0.350. The largest absolute Gasteiger partial charge is 0.372 e. The van der Waals surface area contributed by atoms with Gasteiger partial charge in [0, 0.05) is 36.1 Å². The maximum Gasteiger partial charge on any atom is 0.261 e. The standard InChI is InChI=1S/C20H27N3O3S/c1-5-23(6-2)18-11-9-17(10-12-18)22-27(25,26)19-13-7-16(8-14-19)20(24)21-15(3)4/h7-15,22H,5-6H2,1-4H3,(H,21,24). The van der Waals surface area contributed by atoms with Crippen LogP contribution in [0.2, 0.25) is 0 Å². The van der Waals surface area contributed by atoms with Gasteiger partial charge in [-0.05, 0) is 76.2 Å². The van der Waals surface area contributed by atoms with Gasteiger partial charge in [0.25, 0.3) is 15.9 Å². The van der Waals surface area contributed by atoms with Crippen molar-refractivity contribution < 1.29 is 13.2 Å². The van der Waals surface area contributed by atoms with E-state index in [2.05, 4.69) is 28.8 Å². The van der Waals surface area contributed by atoms with E-state index >= 15 is 0 Å². The molecule has 0 saturated heterocycles. The molecule has 6 nitrogen and oxygen atoms in total. The van der Waals surface area contributed by atoms with E-state index in [4.69, 9.17) is 0 Å². The van der Waals surface area contributed by atoms with Crippen LogP contribution in [0.3, 0.4) is 0 Å². The number of carbonyl (C=O) groups excluding carboxylic acids is 1. The molecule has 146 valence electrons. The van der Waals surface area contributed by atoms with E-state index < -0.39 is 10.0 Å². The maximum atomic E-state index is 12.6. The van der Waals surface area contributed by atoms with Crippen molar-refractivity contribution in [3.05, 3.63) is 54.1 Å². The van der Waals surface area contributed by atoms with Crippen LogP contribution in [0.25, 0.3) is 0 Å². The minimum atomic E-state index is -3.72. The number of carbonyl (C=O) groups is 1. The molecule has 0 aliphatic rings. The smallest absolute Gasteiger partial charge is 0.261 e. The third-order valence-electron chi connectivity index (χ3n) is 4.09. The number of hydrogen-bond acceptors (Lipinski definition) is 4. The molecule has 0 atom stereocenters. The maximum absolute atomic E-state index is 12.6. The first-order valence-corrected chi connectivity index (χ1v) is 10.5. The van der Waals surface area contributed by atoms with Gasteiger partial charge in [0.05, 0.1) is 4.90 Å². The summed E-state index contributed by atoms with van der Waals surface area (Å²) < 4.78 is 27.7. The highest BCUT2D eigenvalue weighted by Crippen LogP contribution is 2.21. The minimum Gasteiger partial charge on any atom is -0.372 e. The topological polar surface area (TPSA) is 78.5 Å². The molecule has 0 heterocycles. The number of benzene rings is 2. The van der Waals surface area contributed by atoms with Crippen LogP contribution in [0, 0.1) is 0 Å². The second kappa shape index (κ2) is 8.90. The Balaban J connectivity index is 2.13. The molecule has 0 fully saturated rings. The quantitative estimate of drug-likeness (QED) is 0.725. The lowest BCUT2D eigenvalue weighted by Gasteiger charge is -2.21. The molecule has 1 amide bonds. The summed E-state index contributed by atoms with van der Waals surface area (Å²) in [6, 6.07) is 13.2. The SMILES string of the molecule is CCN(CC)c1ccc(NS(=O)(=O)c2ccc(C(=O)NC(C)C)cc2)cc1. The molecule has 7 heteroatoms. The van der Waals surface area contributed by atoms with Gasteiger partial charge in [-0.1, -0.05) is 0 Å². The summed E-state index contributed by atoms with van der Waals surface area (Å²) in [6.45, 7) is 9.66. The number of rotatable bonds is 8. The third-order valence-corrected chi connectivity index (χ3v) is 5.49. The van der Waals surface area contributed by atoms with E-state index in [1.54, 1.807) is 12.1 Å². The molecule has 2 rings (SSSR count). The average molecular weight is 390 g/mol. The number of nitrogens with one attached hydrogen (secondary N) is 2. The Hall–Kier alpha value is -2.54. The second-order valence-corrected chi connectivity index (χ2v) is 8.16. The first kappa shape index (κ1) is 20.8. The molecule has 27 heavy (non-hydrogen) atoms. The van der Waals surface area contributed by atoms with E-state index in [0.717, 1.165) is 18.8 Å². The molecule has 0 radical (unpaired) electrons. The normalized spacial score (nSPS) is 11.3. The summed E-state index contributed by atoms with van der Waals surface area (Å²) in [5, 5.41) is 2.77. The summed E-state index contributed by atoms with van der Waals surface area (Å²) in [5.41, 5.74) is 1.96. The molecular weight excluding hydrogens is 362 g/mol. The van der Waals surface area contributed by atoms with Crippen molar-refractivity contribution in [1.82, 2.24) is 5.32 Å². The highest BCUT2D eigenvalue weighted by Gasteiger charge is 2.16. The Labute approximate surface area is 161 Å². The summed E-state index contributed by atoms with van der Waals surface area (Å²) in [4.78, 5) is 14.3. The van der Waals surface area contributed by atoms with Gasteiger partial charge in [-0.2, -0.15) is 0 Å². The number of sulfonamides is 1. The van der Waals surface area contributed by atoms with Crippen LogP contribution < -0.4 is 14.9 Å². The van der Waals surface area contributed by atoms with E-state index in [-0.39, 0.29) is 16.8 Å². The molecule has 0 aliphatic heterocycles.